The molecule has 1 fully saturated rings. The summed E-state index contributed by atoms with van der Waals surface area (Å²) in [5.41, 5.74) is 0.403. The summed E-state index contributed by atoms with van der Waals surface area (Å²) < 4.78 is 25.8. The molecule has 2 aliphatic rings. The van der Waals surface area contributed by atoms with E-state index in [-0.39, 0.29) is 16.8 Å². The molecule has 0 N–H and O–H groups in total. The first-order chi connectivity index (χ1) is 12.9. The molecule has 0 bridgehead atoms. The van der Waals surface area contributed by atoms with E-state index in [2.05, 4.69) is 14.8 Å². The number of carbonyl (C=O) groups excluding carboxylic acids is 1. The first kappa shape index (κ1) is 18.2. The van der Waals surface area contributed by atoms with E-state index in [9.17, 15) is 13.2 Å². The average molecular weight is 388 g/mol. The van der Waals surface area contributed by atoms with E-state index in [4.69, 9.17) is 0 Å². The molecule has 1 unspecified atom stereocenters. The van der Waals surface area contributed by atoms with Crippen LogP contribution < -0.4 is 0 Å². The van der Waals surface area contributed by atoms with Gasteiger partial charge in [-0.15, -0.1) is 10.2 Å². The molecule has 2 aromatic rings. The zero-order chi connectivity index (χ0) is 19.0. The van der Waals surface area contributed by atoms with Gasteiger partial charge in [0.25, 0.3) is 5.91 Å². The molecule has 7 nitrogen and oxygen atoms in total. The van der Waals surface area contributed by atoms with Crippen molar-refractivity contribution in [3.63, 3.8) is 0 Å². The van der Waals surface area contributed by atoms with Crippen molar-refractivity contribution >= 4 is 15.7 Å². The number of nitrogens with zero attached hydrogens (tertiary/aromatic N) is 4. The van der Waals surface area contributed by atoms with Crippen molar-refractivity contribution in [3.8, 4) is 0 Å². The lowest BCUT2D eigenvalue weighted by molar-refractivity contribution is 0.0726. The van der Waals surface area contributed by atoms with Crippen LogP contribution in [0.4, 0.5) is 0 Å². The van der Waals surface area contributed by atoms with Gasteiger partial charge in [0.2, 0.25) is 0 Å². The van der Waals surface area contributed by atoms with Crippen LogP contribution in [0.2, 0.25) is 0 Å². The second-order valence-electron chi connectivity index (χ2n) is 7.39. The van der Waals surface area contributed by atoms with E-state index in [1.807, 2.05) is 4.90 Å². The molecule has 1 aromatic carbocycles. The second kappa shape index (κ2) is 7.07. The molecular formula is C19H24N4O3S. The fraction of sp³-hybridized carbons (Fsp3) is 0.526. The normalized spacial score (nSPS) is 20.3. The van der Waals surface area contributed by atoms with E-state index in [1.165, 1.54) is 18.6 Å². The Kier molecular flexibility index (Phi) is 4.75. The number of aromatic nitrogens is 3. The Morgan fingerprint density at radius 3 is 2.78 bits per heavy atom. The Balaban J connectivity index is 1.64. The van der Waals surface area contributed by atoms with Crippen LogP contribution in [0.15, 0.2) is 29.2 Å². The number of hydrogen-bond donors (Lipinski definition) is 0. The van der Waals surface area contributed by atoms with Crippen molar-refractivity contribution in [1.29, 1.82) is 0 Å². The topological polar surface area (TPSA) is 85.2 Å². The van der Waals surface area contributed by atoms with Crippen LogP contribution in [0, 0.1) is 0 Å². The Hall–Kier alpha value is -2.22. The second-order valence-corrected chi connectivity index (χ2v) is 9.41. The third kappa shape index (κ3) is 3.50. The van der Waals surface area contributed by atoms with Crippen LogP contribution in [0.5, 0.6) is 0 Å². The van der Waals surface area contributed by atoms with Gasteiger partial charge >= 0.3 is 0 Å². The van der Waals surface area contributed by atoms with Crippen LogP contribution >= 0.6 is 0 Å². The minimum Gasteiger partial charge on any atom is -0.328 e. The lowest BCUT2D eigenvalue weighted by Crippen LogP contribution is -2.32. The highest BCUT2D eigenvalue weighted by molar-refractivity contribution is 7.90. The molecule has 1 atom stereocenters. The first-order valence-corrected chi connectivity index (χ1v) is 11.4. The molecular weight excluding hydrogens is 364 g/mol. The minimum atomic E-state index is -3.35. The van der Waals surface area contributed by atoms with Crippen molar-refractivity contribution < 1.29 is 13.2 Å². The minimum absolute atomic E-state index is 0.0984. The van der Waals surface area contributed by atoms with Gasteiger partial charge in [0.15, 0.2) is 15.7 Å². The van der Waals surface area contributed by atoms with E-state index < -0.39 is 9.84 Å². The van der Waals surface area contributed by atoms with Crippen molar-refractivity contribution in [2.75, 3.05) is 12.8 Å². The summed E-state index contributed by atoms with van der Waals surface area (Å²) in [7, 11) is -3.35. The van der Waals surface area contributed by atoms with Crippen LogP contribution in [-0.4, -0.2) is 46.8 Å². The summed E-state index contributed by atoms with van der Waals surface area (Å²) >= 11 is 0. The number of sulfone groups is 1. The zero-order valence-electron chi connectivity index (χ0n) is 15.5. The Morgan fingerprint density at radius 2 is 1.96 bits per heavy atom. The summed E-state index contributed by atoms with van der Waals surface area (Å²) in [6.07, 6.45) is 7.28. The number of amides is 1. The molecule has 4 rings (SSSR count). The number of likely N-dealkylation sites (tertiary alicyclic amines) is 1. The van der Waals surface area contributed by atoms with Gasteiger partial charge in [-0.05, 0) is 43.9 Å². The molecule has 2 aliphatic heterocycles. The fourth-order valence-corrected chi connectivity index (χ4v) is 4.72. The third-order valence-corrected chi connectivity index (χ3v) is 6.57. The predicted molar refractivity (Wildman–Crippen MR) is 100 cm³/mol. The largest absolute Gasteiger partial charge is 0.328 e. The molecule has 0 spiro atoms. The Labute approximate surface area is 159 Å². The fourth-order valence-electron chi connectivity index (χ4n) is 4.06. The summed E-state index contributed by atoms with van der Waals surface area (Å²) in [5, 5.41) is 8.80. The standard InChI is InChI=1S/C19H24N4O3S/c1-27(25,26)15-8-5-7-14(13-15)19(24)22-12-6-9-16(22)18-21-20-17-10-3-2-4-11-23(17)18/h5,7-8,13,16H,2-4,6,9-12H2,1H3. The molecule has 0 radical (unpaired) electrons. The van der Waals surface area contributed by atoms with Gasteiger partial charge in [-0.1, -0.05) is 12.5 Å². The number of rotatable bonds is 3. The molecule has 3 heterocycles. The zero-order valence-corrected chi connectivity index (χ0v) is 16.3. The lowest BCUT2D eigenvalue weighted by atomic mass is 10.1. The number of fused-ring (bicyclic) bond motifs is 1. The number of hydrogen-bond acceptors (Lipinski definition) is 5. The molecule has 27 heavy (non-hydrogen) atoms. The average Bonchev–Trinajstić information content (AvgIpc) is 3.21. The van der Waals surface area contributed by atoms with Gasteiger partial charge in [-0.2, -0.15) is 0 Å². The summed E-state index contributed by atoms with van der Waals surface area (Å²) in [6, 6.07) is 6.19. The summed E-state index contributed by atoms with van der Waals surface area (Å²) in [6.45, 7) is 1.55. The molecule has 0 aliphatic carbocycles. The first-order valence-electron chi connectivity index (χ1n) is 9.48. The SMILES string of the molecule is CS(=O)(=O)c1cccc(C(=O)N2CCCC2c2nnc3n2CCCCC3)c1. The maximum atomic E-state index is 13.1. The Bertz CT molecular complexity index is 967. The van der Waals surface area contributed by atoms with Gasteiger partial charge < -0.3 is 9.47 Å². The quantitative estimate of drug-likeness (QED) is 0.806. The highest BCUT2D eigenvalue weighted by atomic mass is 32.2. The van der Waals surface area contributed by atoms with E-state index >= 15 is 0 Å². The summed E-state index contributed by atoms with van der Waals surface area (Å²) in [5.74, 6) is 1.74. The molecule has 144 valence electrons. The van der Waals surface area contributed by atoms with E-state index in [0.29, 0.717) is 12.1 Å². The van der Waals surface area contributed by atoms with Crippen molar-refractivity contribution in [2.24, 2.45) is 0 Å². The molecule has 1 amide bonds. The van der Waals surface area contributed by atoms with Crippen LogP contribution in [-0.2, 0) is 22.8 Å². The van der Waals surface area contributed by atoms with Crippen molar-refractivity contribution in [3.05, 3.63) is 41.5 Å². The van der Waals surface area contributed by atoms with Crippen molar-refractivity contribution in [2.45, 2.75) is 56.0 Å². The number of benzene rings is 1. The van der Waals surface area contributed by atoms with Gasteiger partial charge in [0, 0.05) is 31.3 Å². The van der Waals surface area contributed by atoms with Crippen LogP contribution in [0.3, 0.4) is 0 Å². The maximum absolute atomic E-state index is 13.1. The van der Waals surface area contributed by atoms with E-state index in [0.717, 1.165) is 56.6 Å². The van der Waals surface area contributed by atoms with Gasteiger partial charge in [-0.25, -0.2) is 8.42 Å². The van der Waals surface area contributed by atoms with Gasteiger partial charge in [-0.3, -0.25) is 4.79 Å². The summed E-state index contributed by atoms with van der Waals surface area (Å²) in [4.78, 5) is 15.1. The van der Waals surface area contributed by atoms with Crippen molar-refractivity contribution in [1.82, 2.24) is 19.7 Å². The molecule has 0 saturated carbocycles. The third-order valence-electron chi connectivity index (χ3n) is 5.46. The van der Waals surface area contributed by atoms with Crippen LogP contribution in [0.25, 0.3) is 0 Å². The molecule has 1 saturated heterocycles. The molecule has 1 aromatic heterocycles. The predicted octanol–water partition coefficient (Wildman–Crippen LogP) is 2.39. The smallest absolute Gasteiger partial charge is 0.254 e. The lowest BCUT2D eigenvalue weighted by Gasteiger charge is -2.25. The van der Waals surface area contributed by atoms with E-state index in [1.54, 1.807) is 12.1 Å². The number of aryl methyl sites for hydroxylation is 1. The van der Waals surface area contributed by atoms with Gasteiger partial charge in [0.1, 0.15) is 5.82 Å². The monoisotopic (exact) mass is 388 g/mol. The Morgan fingerprint density at radius 1 is 1.11 bits per heavy atom. The van der Waals surface area contributed by atoms with Gasteiger partial charge in [0.05, 0.1) is 10.9 Å². The highest BCUT2D eigenvalue weighted by Crippen LogP contribution is 2.33. The number of carbonyl (C=O) groups is 1. The highest BCUT2D eigenvalue weighted by Gasteiger charge is 2.35. The maximum Gasteiger partial charge on any atom is 0.254 e. The van der Waals surface area contributed by atoms with Crippen LogP contribution in [0.1, 0.15) is 60.2 Å². The molecule has 8 heteroatoms.